The Hall–Kier alpha value is -3.33. The molecule has 1 aliphatic rings. The Morgan fingerprint density at radius 3 is 2.53 bits per heavy atom. The summed E-state index contributed by atoms with van der Waals surface area (Å²) in [5, 5.41) is 12.1. The summed E-state index contributed by atoms with van der Waals surface area (Å²) in [6, 6.07) is 9.10. The minimum atomic E-state index is -0.243. The van der Waals surface area contributed by atoms with Crippen LogP contribution in [0.25, 0.3) is 0 Å². The van der Waals surface area contributed by atoms with E-state index in [4.69, 9.17) is 13.9 Å². The van der Waals surface area contributed by atoms with Gasteiger partial charge in [0.15, 0.2) is 11.6 Å². The van der Waals surface area contributed by atoms with Crippen molar-refractivity contribution in [3.63, 3.8) is 0 Å². The SMILES string of the molecule is COc1cc(CN2CCc3nnc([C@H](CC(C)C)NC(=O)c4ccco4)n3CC2)cc(OC)c1. The van der Waals surface area contributed by atoms with Gasteiger partial charge in [0, 0.05) is 38.7 Å². The second-order valence-electron chi connectivity index (χ2n) is 9.01. The number of carbonyl (C=O) groups excluding carboxylic acids is 1. The molecule has 34 heavy (non-hydrogen) atoms. The van der Waals surface area contributed by atoms with Crippen LogP contribution in [-0.2, 0) is 19.5 Å². The van der Waals surface area contributed by atoms with Crippen molar-refractivity contribution in [1.29, 1.82) is 0 Å². The molecule has 0 bridgehead atoms. The van der Waals surface area contributed by atoms with E-state index in [0.29, 0.717) is 11.7 Å². The third kappa shape index (κ3) is 5.59. The summed E-state index contributed by atoms with van der Waals surface area (Å²) >= 11 is 0. The van der Waals surface area contributed by atoms with Gasteiger partial charge in [-0.1, -0.05) is 13.8 Å². The van der Waals surface area contributed by atoms with E-state index in [0.717, 1.165) is 67.7 Å². The first-order valence-electron chi connectivity index (χ1n) is 11.7. The Kier molecular flexibility index (Phi) is 7.52. The van der Waals surface area contributed by atoms with Crippen molar-refractivity contribution in [2.75, 3.05) is 27.3 Å². The lowest BCUT2D eigenvalue weighted by Crippen LogP contribution is -2.32. The average molecular weight is 468 g/mol. The van der Waals surface area contributed by atoms with E-state index in [2.05, 4.69) is 38.8 Å². The van der Waals surface area contributed by atoms with Gasteiger partial charge in [-0.25, -0.2) is 0 Å². The zero-order valence-electron chi connectivity index (χ0n) is 20.3. The molecule has 9 heteroatoms. The fourth-order valence-electron chi connectivity index (χ4n) is 4.36. The highest BCUT2D eigenvalue weighted by molar-refractivity contribution is 5.91. The number of aromatic nitrogens is 3. The minimum absolute atomic E-state index is 0.241. The third-order valence-electron chi connectivity index (χ3n) is 6.03. The number of amides is 1. The number of benzene rings is 1. The van der Waals surface area contributed by atoms with Crippen molar-refractivity contribution in [2.24, 2.45) is 5.92 Å². The Morgan fingerprint density at radius 2 is 1.88 bits per heavy atom. The summed E-state index contributed by atoms with van der Waals surface area (Å²) in [6.07, 6.45) is 3.05. The van der Waals surface area contributed by atoms with Crippen LogP contribution in [0.5, 0.6) is 11.5 Å². The fourth-order valence-corrected chi connectivity index (χ4v) is 4.36. The van der Waals surface area contributed by atoms with Crippen LogP contribution in [0.15, 0.2) is 41.0 Å². The van der Waals surface area contributed by atoms with E-state index < -0.39 is 0 Å². The molecule has 1 amide bonds. The highest BCUT2D eigenvalue weighted by atomic mass is 16.5. The number of hydrogen-bond donors (Lipinski definition) is 1. The zero-order valence-corrected chi connectivity index (χ0v) is 20.3. The molecule has 182 valence electrons. The van der Waals surface area contributed by atoms with Crippen LogP contribution in [0.4, 0.5) is 0 Å². The van der Waals surface area contributed by atoms with E-state index in [-0.39, 0.29) is 11.9 Å². The van der Waals surface area contributed by atoms with E-state index in [1.165, 1.54) is 6.26 Å². The lowest BCUT2D eigenvalue weighted by Gasteiger charge is -2.22. The van der Waals surface area contributed by atoms with Gasteiger partial charge in [0.1, 0.15) is 17.3 Å². The van der Waals surface area contributed by atoms with E-state index in [1.54, 1.807) is 26.4 Å². The molecule has 1 atom stereocenters. The van der Waals surface area contributed by atoms with Crippen LogP contribution in [-0.4, -0.2) is 52.9 Å². The molecule has 2 aromatic heterocycles. The van der Waals surface area contributed by atoms with Crippen LogP contribution < -0.4 is 14.8 Å². The molecule has 0 fully saturated rings. The Morgan fingerprint density at radius 1 is 1.12 bits per heavy atom. The monoisotopic (exact) mass is 467 g/mol. The summed E-state index contributed by atoms with van der Waals surface area (Å²) in [5.41, 5.74) is 1.14. The van der Waals surface area contributed by atoms with Crippen molar-refractivity contribution in [3.05, 3.63) is 59.6 Å². The normalized spacial score (nSPS) is 15.0. The molecule has 0 unspecified atom stereocenters. The number of fused-ring (bicyclic) bond motifs is 1. The molecule has 1 aliphatic heterocycles. The predicted molar refractivity (Wildman–Crippen MR) is 127 cm³/mol. The second-order valence-corrected chi connectivity index (χ2v) is 9.01. The molecule has 3 aromatic rings. The predicted octanol–water partition coefficient (Wildman–Crippen LogP) is 3.46. The Labute approximate surface area is 200 Å². The molecule has 1 aromatic carbocycles. The molecule has 1 N–H and O–H groups in total. The van der Waals surface area contributed by atoms with Gasteiger partial charge in [-0.3, -0.25) is 9.69 Å². The van der Waals surface area contributed by atoms with Gasteiger partial charge in [-0.2, -0.15) is 0 Å². The van der Waals surface area contributed by atoms with Crippen LogP contribution >= 0.6 is 0 Å². The van der Waals surface area contributed by atoms with Gasteiger partial charge in [0.05, 0.1) is 26.5 Å². The maximum absolute atomic E-state index is 12.7. The highest BCUT2D eigenvalue weighted by Crippen LogP contribution is 2.25. The molecule has 0 aliphatic carbocycles. The maximum atomic E-state index is 12.7. The van der Waals surface area contributed by atoms with Gasteiger partial charge in [0.2, 0.25) is 0 Å². The number of carbonyl (C=O) groups is 1. The molecule has 0 spiro atoms. The number of methoxy groups -OCH3 is 2. The number of nitrogens with zero attached hydrogens (tertiary/aromatic N) is 4. The largest absolute Gasteiger partial charge is 0.497 e. The number of nitrogens with one attached hydrogen (secondary N) is 1. The smallest absolute Gasteiger partial charge is 0.287 e. The topological polar surface area (TPSA) is 94.6 Å². The minimum Gasteiger partial charge on any atom is -0.497 e. The van der Waals surface area contributed by atoms with Crippen LogP contribution in [0.1, 0.15) is 54.1 Å². The van der Waals surface area contributed by atoms with Gasteiger partial charge in [-0.05, 0) is 42.2 Å². The molecular weight excluding hydrogens is 434 g/mol. The van der Waals surface area contributed by atoms with Crippen molar-refractivity contribution >= 4 is 5.91 Å². The van der Waals surface area contributed by atoms with Crippen LogP contribution in [0, 0.1) is 5.92 Å². The molecule has 4 rings (SSSR count). The summed E-state index contributed by atoms with van der Waals surface area (Å²) < 4.78 is 18.3. The Balaban J connectivity index is 1.49. The Bertz CT molecular complexity index is 1070. The van der Waals surface area contributed by atoms with Crippen molar-refractivity contribution in [1.82, 2.24) is 25.0 Å². The first-order chi connectivity index (χ1) is 16.5. The molecule has 0 saturated heterocycles. The van der Waals surface area contributed by atoms with E-state index >= 15 is 0 Å². The number of rotatable bonds is 9. The van der Waals surface area contributed by atoms with Gasteiger partial charge < -0.3 is 23.8 Å². The number of hydrogen-bond acceptors (Lipinski definition) is 7. The molecule has 9 nitrogen and oxygen atoms in total. The summed E-state index contributed by atoms with van der Waals surface area (Å²) in [4.78, 5) is 15.1. The maximum Gasteiger partial charge on any atom is 0.287 e. The number of ether oxygens (including phenoxy) is 2. The molecule has 0 radical (unpaired) electrons. The quantitative estimate of drug-likeness (QED) is 0.515. The first-order valence-corrected chi connectivity index (χ1v) is 11.7. The standard InChI is InChI=1S/C25H33N5O4/c1-17(2)12-21(26-25(31)22-6-5-11-34-22)24-28-27-23-7-8-29(9-10-30(23)24)16-18-13-19(32-3)15-20(14-18)33-4/h5-6,11,13-15,17,21H,7-10,12,16H2,1-4H3,(H,26,31)/t21-/m0/s1. The summed E-state index contributed by atoms with van der Waals surface area (Å²) in [6.45, 7) is 7.52. The first kappa shape index (κ1) is 23.8. The summed E-state index contributed by atoms with van der Waals surface area (Å²) in [7, 11) is 3.33. The van der Waals surface area contributed by atoms with Gasteiger partial charge >= 0.3 is 0 Å². The van der Waals surface area contributed by atoms with Gasteiger partial charge in [-0.15, -0.1) is 10.2 Å². The zero-order chi connectivity index (χ0) is 24.1. The summed E-state index contributed by atoms with van der Waals surface area (Å²) in [5.74, 6) is 3.75. The van der Waals surface area contributed by atoms with Crippen molar-refractivity contribution in [3.8, 4) is 11.5 Å². The molecule has 0 saturated carbocycles. The van der Waals surface area contributed by atoms with Crippen LogP contribution in [0.2, 0.25) is 0 Å². The number of furan rings is 1. The molecular formula is C25H33N5O4. The van der Waals surface area contributed by atoms with Crippen molar-refractivity contribution in [2.45, 2.75) is 45.8 Å². The third-order valence-corrected chi connectivity index (χ3v) is 6.03. The van der Waals surface area contributed by atoms with E-state index in [9.17, 15) is 4.79 Å². The van der Waals surface area contributed by atoms with Crippen molar-refractivity contribution < 1.29 is 18.7 Å². The van der Waals surface area contributed by atoms with Gasteiger partial charge in [0.25, 0.3) is 5.91 Å². The fraction of sp³-hybridized carbons (Fsp3) is 0.480. The highest BCUT2D eigenvalue weighted by Gasteiger charge is 2.27. The average Bonchev–Trinajstić information content (AvgIpc) is 3.46. The lowest BCUT2D eigenvalue weighted by atomic mass is 10.0. The lowest BCUT2D eigenvalue weighted by molar-refractivity contribution is 0.0900. The molecule has 3 heterocycles. The van der Waals surface area contributed by atoms with Crippen LogP contribution in [0.3, 0.4) is 0 Å². The second kappa shape index (κ2) is 10.7. The van der Waals surface area contributed by atoms with E-state index in [1.807, 2.05) is 18.2 Å².